The Morgan fingerprint density at radius 1 is 0.957 bits per heavy atom. The highest BCUT2D eigenvalue weighted by Gasteiger charge is 2.47. The number of carbonyl (C=O) groups excluding carboxylic acids is 2. The first-order chi connectivity index (χ1) is 22.4. The molecule has 7 nitrogen and oxygen atoms in total. The number of phenols is 1. The van der Waals surface area contributed by atoms with Crippen molar-refractivity contribution in [2.75, 3.05) is 13.1 Å². The zero-order chi connectivity index (χ0) is 31.7. The number of benzene rings is 3. The first kappa shape index (κ1) is 29.9. The maximum Gasteiger partial charge on any atom is 0.309 e. The van der Waals surface area contributed by atoms with Crippen molar-refractivity contribution in [1.82, 2.24) is 15.3 Å². The predicted molar refractivity (Wildman–Crippen MR) is 175 cm³/mol. The Morgan fingerprint density at radius 2 is 1.67 bits per heavy atom. The molecule has 3 heterocycles. The fraction of sp³-hybridized carbons (Fsp3) is 0.289. The second-order valence-electron chi connectivity index (χ2n) is 12.7. The standard InChI is InChI=1S/C38H36FN3O4/c39-29-12-6-25(7-13-29)22-38(15-18-40-19-16-38)36(46-37(45)27-10-11-27)34(43)20-24-4-8-26(9-5-24)30-2-1-3-31(35(30)44)32-21-28-14-17-41-23-33(28)42-32/h1-9,12-14,17,21,23,27,36,40,42,44H,10-11,15-16,18-20,22H2. The van der Waals surface area contributed by atoms with E-state index in [0.29, 0.717) is 43.5 Å². The van der Waals surface area contributed by atoms with Crippen molar-refractivity contribution >= 4 is 22.7 Å². The molecule has 0 spiro atoms. The number of nitrogens with one attached hydrogen (secondary N) is 2. The van der Waals surface area contributed by atoms with Crippen molar-refractivity contribution in [3.63, 3.8) is 0 Å². The molecule has 5 aromatic rings. The van der Waals surface area contributed by atoms with E-state index in [1.165, 1.54) is 12.1 Å². The van der Waals surface area contributed by atoms with Crippen molar-refractivity contribution < 1.29 is 23.8 Å². The summed E-state index contributed by atoms with van der Waals surface area (Å²) in [6, 6.07) is 23.5. The average Bonchev–Trinajstić information content (AvgIpc) is 3.84. The number of phenolic OH excluding ortho intramolecular Hbond substituents is 1. The van der Waals surface area contributed by atoms with Crippen molar-refractivity contribution in [3.8, 4) is 28.1 Å². The highest BCUT2D eigenvalue weighted by atomic mass is 19.1. The van der Waals surface area contributed by atoms with Crippen LogP contribution in [-0.2, 0) is 27.2 Å². The number of ether oxygens (including phenoxy) is 1. The quantitative estimate of drug-likeness (QED) is 0.149. The molecule has 8 heteroatoms. The number of aromatic amines is 1. The lowest BCUT2D eigenvalue weighted by molar-refractivity contribution is -0.166. The Morgan fingerprint density at radius 3 is 2.39 bits per heavy atom. The normalized spacial score (nSPS) is 16.6. The number of aromatic hydroxyl groups is 1. The number of halogens is 1. The van der Waals surface area contributed by atoms with Gasteiger partial charge in [0.2, 0.25) is 0 Å². The number of Topliss-reactive ketones (excluding diaryl/α,β-unsaturated/α-hetero) is 1. The Kier molecular flexibility index (Phi) is 8.13. The Bertz CT molecular complexity index is 1840. The number of ketones is 1. The van der Waals surface area contributed by atoms with Crippen molar-refractivity contribution in [1.29, 1.82) is 0 Å². The van der Waals surface area contributed by atoms with Crippen LogP contribution >= 0.6 is 0 Å². The van der Waals surface area contributed by atoms with E-state index < -0.39 is 11.5 Å². The summed E-state index contributed by atoms with van der Waals surface area (Å²) in [5.41, 5.74) is 4.99. The molecule has 2 fully saturated rings. The minimum Gasteiger partial charge on any atom is -0.507 e. The summed E-state index contributed by atoms with van der Waals surface area (Å²) >= 11 is 0. The van der Waals surface area contributed by atoms with Gasteiger partial charge in [-0.15, -0.1) is 0 Å². The number of hydrogen-bond donors (Lipinski definition) is 3. The van der Waals surface area contributed by atoms with E-state index in [4.69, 9.17) is 4.74 Å². The summed E-state index contributed by atoms with van der Waals surface area (Å²) in [5.74, 6) is -0.721. The van der Waals surface area contributed by atoms with E-state index in [2.05, 4.69) is 15.3 Å². The smallest absolute Gasteiger partial charge is 0.309 e. The summed E-state index contributed by atoms with van der Waals surface area (Å²) in [6.07, 6.45) is 6.13. The molecular formula is C38H36FN3O4. The number of fused-ring (bicyclic) bond motifs is 1. The summed E-state index contributed by atoms with van der Waals surface area (Å²) in [5, 5.41) is 15.7. The summed E-state index contributed by atoms with van der Waals surface area (Å²) in [7, 11) is 0. The highest BCUT2D eigenvalue weighted by Crippen LogP contribution is 2.42. The van der Waals surface area contributed by atoms with Crippen LogP contribution in [0.25, 0.3) is 33.3 Å². The number of rotatable bonds is 10. The SMILES string of the molecule is O=C(OC(C(=O)Cc1ccc(-c2cccc(-c3cc4ccncc4[nH]3)c2O)cc1)C1(Cc2ccc(F)cc2)CCNCC1)C1CC1. The van der Waals surface area contributed by atoms with Gasteiger partial charge in [0.05, 0.1) is 23.3 Å². The van der Waals surface area contributed by atoms with Gasteiger partial charge in [-0.25, -0.2) is 4.39 Å². The topological polar surface area (TPSA) is 104 Å². The molecule has 0 bridgehead atoms. The number of aromatic nitrogens is 2. The van der Waals surface area contributed by atoms with Crippen molar-refractivity contribution in [3.05, 3.63) is 108 Å². The van der Waals surface area contributed by atoms with Crippen LogP contribution < -0.4 is 5.32 Å². The number of nitrogens with zero attached hydrogens (tertiary/aromatic N) is 1. The van der Waals surface area contributed by atoms with Gasteiger partial charge in [0.1, 0.15) is 11.6 Å². The maximum atomic E-state index is 14.1. The molecule has 1 saturated carbocycles. The Labute approximate surface area is 266 Å². The molecule has 1 saturated heterocycles. The van der Waals surface area contributed by atoms with Crippen LogP contribution in [-0.4, -0.2) is 46.0 Å². The van der Waals surface area contributed by atoms with Crippen molar-refractivity contribution in [2.45, 2.75) is 44.6 Å². The zero-order valence-corrected chi connectivity index (χ0v) is 25.5. The van der Waals surface area contributed by atoms with E-state index in [0.717, 1.165) is 46.1 Å². The molecule has 1 aliphatic carbocycles. The van der Waals surface area contributed by atoms with Gasteiger partial charge in [-0.1, -0.05) is 48.5 Å². The van der Waals surface area contributed by atoms with E-state index in [1.54, 1.807) is 24.5 Å². The third-order valence-electron chi connectivity index (χ3n) is 9.46. The molecule has 1 aliphatic heterocycles. The fourth-order valence-electron chi connectivity index (χ4n) is 6.74. The average molecular weight is 618 g/mol. The number of esters is 1. The van der Waals surface area contributed by atoms with E-state index >= 15 is 0 Å². The molecule has 7 rings (SSSR count). The van der Waals surface area contributed by atoms with Gasteiger partial charge >= 0.3 is 5.97 Å². The number of piperidine rings is 1. The van der Waals surface area contributed by atoms with E-state index in [-0.39, 0.29) is 35.7 Å². The monoisotopic (exact) mass is 617 g/mol. The fourth-order valence-corrected chi connectivity index (χ4v) is 6.74. The van der Waals surface area contributed by atoms with Gasteiger partial charge < -0.3 is 20.1 Å². The zero-order valence-electron chi connectivity index (χ0n) is 25.5. The molecule has 0 radical (unpaired) electrons. The molecule has 1 unspecified atom stereocenters. The molecule has 1 atom stereocenters. The molecule has 234 valence electrons. The number of carbonyl (C=O) groups is 2. The number of pyridine rings is 1. The third-order valence-corrected chi connectivity index (χ3v) is 9.46. The number of H-pyrrole nitrogens is 1. The van der Waals surface area contributed by atoms with Gasteiger partial charge in [0.15, 0.2) is 11.9 Å². The van der Waals surface area contributed by atoms with Crippen LogP contribution in [0.15, 0.2) is 91.3 Å². The summed E-state index contributed by atoms with van der Waals surface area (Å²) in [6.45, 7) is 1.41. The van der Waals surface area contributed by atoms with E-state index in [1.807, 2.05) is 54.6 Å². The molecule has 2 aliphatic rings. The van der Waals surface area contributed by atoms with Gasteiger partial charge in [0.25, 0.3) is 0 Å². The van der Waals surface area contributed by atoms with Crippen molar-refractivity contribution in [2.24, 2.45) is 11.3 Å². The van der Waals surface area contributed by atoms with Gasteiger partial charge in [0, 0.05) is 34.5 Å². The lowest BCUT2D eigenvalue weighted by Gasteiger charge is -2.42. The second kappa shape index (κ2) is 12.5. The highest BCUT2D eigenvalue weighted by molar-refractivity contribution is 5.90. The summed E-state index contributed by atoms with van der Waals surface area (Å²) in [4.78, 5) is 34.6. The molecule has 0 amide bonds. The minimum absolute atomic E-state index is 0.108. The third kappa shape index (κ3) is 6.17. The summed E-state index contributed by atoms with van der Waals surface area (Å²) < 4.78 is 19.8. The first-order valence-electron chi connectivity index (χ1n) is 15.9. The van der Waals surface area contributed by atoms with Gasteiger partial charge in [-0.2, -0.15) is 0 Å². The van der Waals surface area contributed by atoms with E-state index in [9.17, 15) is 19.1 Å². The van der Waals surface area contributed by atoms with Crippen LogP contribution in [0, 0.1) is 17.2 Å². The number of para-hydroxylation sites is 1. The number of hydrogen-bond acceptors (Lipinski definition) is 6. The van der Waals surface area contributed by atoms with Crippen LogP contribution in [0.3, 0.4) is 0 Å². The van der Waals surface area contributed by atoms with Crippen LogP contribution in [0.1, 0.15) is 36.8 Å². The maximum absolute atomic E-state index is 14.1. The predicted octanol–water partition coefficient (Wildman–Crippen LogP) is 6.79. The minimum atomic E-state index is -0.903. The Balaban J connectivity index is 1.14. The largest absolute Gasteiger partial charge is 0.507 e. The molecule has 3 N–H and O–H groups in total. The Hall–Kier alpha value is -4.82. The molecule has 46 heavy (non-hydrogen) atoms. The molecular weight excluding hydrogens is 581 g/mol. The lowest BCUT2D eigenvalue weighted by atomic mass is 9.68. The van der Waals surface area contributed by atoms with Crippen LogP contribution in [0.4, 0.5) is 4.39 Å². The van der Waals surface area contributed by atoms with Crippen LogP contribution in [0.2, 0.25) is 0 Å². The second-order valence-corrected chi connectivity index (χ2v) is 12.7. The van der Waals surface area contributed by atoms with Gasteiger partial charge in [-0.3, -0.25) is 14.6 Å². The molecule has 2 aromatic heterocycles. The molecule has 3 aromatic carbocycles. The first-order valence-corrected chi connectivity index (χ1v) is 15.9. The lowest BCUT2D eigenvalue weighted by Crippen LogP contribution is -2.51. The van der Waals surface area contributed by atoms with Crippen LogP contribution in [0.5, 0.6) is 5.75 Å². The van der Waals surface area contributed by atoms with Gasteiger partial charge in [-0.05, 0) is 92.2 Å².